The summed E-state index contributed by atoms with van der Waals surface area (Å²) in [5.74, 6) is 0. The van der Waals surface area contributed by atoms with Crippen LogP contribution in [-0.2, 0) is 4.57 Å². The minimum atomic E-state index is -4.26. The third kappa shape index (κ3) is 5.77. The van der Waals surface area contributed by atoms with E-state index in [9.17, 15) is 17.7 Å². The van der Waals surface area contributed by atoms with Crippen molar-refractivity contribution in [3.63, 3.8) is 0 Å². The average Bonchev–Trinajstić information content (AvgIpc) is 1.62. The van der Waals surface area contributed by atoms with E-state index in [1.54, 1.807) is 0 Å². The van der Waals surface area contributed by atoms with Gasteiger partial charge in [-0.2, -0.15) is 13.2 Å². The Bertz CT molecular complexity index is 109. The van der Waals surface area contributed by atoms with Gasteiger partial charge in [0, 0.05) is 6.16 Å². The average molecular weight is 159 g/mol. The summed E-state index contributed by atoms with van der Waals surface area (Å²) in [6.07, 6.45) is -5.29. The lowest BCUT2D eigenvalue weighted by molar-refractivity contribution is -0.106. The molecule has 0 spiro atoms. The predicted molar refractivity (Wildman–Crippen MR) is 29.1 cm³/mol. The summed E-state index contributed by atoms with van der Waals surface area (Å²) in [7, 11) is -2.04. The molecule has 0 N–H and O–H groups in total. The van der Waals surface area contributed by atoms with Crippen LogP contribution in [0.2, 0.25) is 0 Å². The van der Waals surface area contributed by atoms with Gasteiger partial charge in [0.1, 0.15) is 6.16 Å². The lowest BCUT2D eigenvalue weighted by Crippen LogP contribution is -2.10. The SMILES string of the molecule is CC[P](=O)CC(F)(F)F. The Morgan fingerprint density at radius 3 is 2.00 bits per heavy atom. The maximum atomic E-state index is 11.3. The highest BCUT2D eigenvalue weighted by Crippen LogP contribution is 2.29. The van der Waals surface area contributed by atoms with Crippen molar-refractivity contribution in [2.45, 2.75) is 13.1 Å². The fourth-order valence-electron chi connectivity index (χ4n) is 0.312. The van der Waals surface area contributed by atoms with Crippen LogP contribution >= 0.6 is 7.80 Å². The molecule has 0 aromatic heterocycles. The monoisotopic (exact) mass is 159 g/mol. The van der Waals surface area contributed by atoms with Crippen LogP contribution in [0.3, 0.4) is 0 Å². The zero-order valence-electron chi connectivity index (χ0n) is 4.90. The zero-order valence-corrected chi connectivity index (χ0v) is 5.80. The molecule has 0 aromatic carbocycles. The summed E-state index contributed by atoms with van der Waals surface area (Å²) in [4.78, 5) is 0. The molecule has 1 radical (unpaired) electrons. The van der Waals surface area contributed by atoms with Gasteiger partial charge in [0.15, 0.2) is 0 Å². The van der Waals surface area contributed by atoms with Crippen LogP contribution in [0.1, 0.15) is 6.92 Å². The van der Waals surface area contributed by atoms with Gasteiger partial charge in [0.05, 0.1) is 7.80 Å². The highest BCUT2D eigenvalue weighted by molar-refractivity contribution is 7.44. The van der Waals surface area contributed by atoms with Gasteiger partial charge >= 0.3 is 6.18 Å². The van der Waals surface area contributed by atoms with Crippen LogP contribution in [0.5, 0.6) is 0 Å². The molecule has 0 heterocycles. The molecule has 9 heavy (non-hydrogen) atoms. The van der Waals surface area contributed by atoms with Gasteiger partial charge in [0.25, 0.3) is 0 Å². The van der Waals surface area contributed by atoms with E-state index in [2.05, 4.69) is 0 Å². The molecular formula is C4H7F3OP. The van der Waals surface area contributed by atoms with Crippen molar-refractivity contribution in [3.8, 4) is 0 Å². The summed E-state index contributed by atoms with van der Waals surface area (Å²) < 4.78 is 44.2. The smallest absolute Gasteiger partial charge is 0.287 e. The third-order valence-electron chi connectivity index (χ3n) is 0.708. The van der Waals surface area contributed by atoms with Crippen LogP contribution in [0.15, 0.2) is 0 Å². The van der Waals surface area contributed by atoms with Crippen molar-refractivity contribution in [2.75, 3.05) is 12.3 Å². The summed E-state index contributed by atoms with van der Waals surface area (Å²) in [6, 6.07) is 0. The Balaban J connectivity index is 3.60. The van der Waals surface area contributed by atoms with Gasteiger partial charge < -0.3 is 0 Å². The molecule has 0 saturated carbocycles. The highest BCUT2D eigenvalue weighted by atomic mass is 31.1. The quantitative estimate of drug-likeness (QED) is 0.565. The third-order valence-corrected chi connectivity index (χ3v) is 2.13. The number of rotatable bonds is 2. The topological polar surface area (TPSA) is 17.1 Å². The van der Waals surface area contributed by atoms with Crippen molar-refractivity contribution in [1.29, 1.82) is 0 Å². The molecule has 1 nitrogen and oxygen atoms in total. The van der Waals surface area contributed by atoms with Crippen LogP contribution in [0.4, 0.5) is 13.2 Å². The molecule has 0 rings (SSSR count). The molecule has 55 valence electrons. The highest BCUT2D eigenvalue weighted by Gasteiger charge is 2.29. The Morgan fingerprint density at radius 1 is 1.44 bits per heavy atom. The molecule has 0 amide bonds. The predicted octanol–water partition coefficient (Wildman–Crippen LogP) is 2.40. The second-order valence-electron chi connectivity index (χ2n) is 1.57. The lowest BCUT2D eigenvalue weighted by atomic mass is 10.8. The molecule has 0 fully saturated rings. The Hall–Kier alpha value is -0.110. The van der Waals surface area contributed by atoms with E-state index in [-0.39, 0.29) is 6.16 Å². The number of halogens is 3. The van der Waals surface area contributed by atoms with Gasteiger partial charge in [-0.1, -0.05) is 6.92 Å². The molecule has 0 saturated heterocycles. The molecule has 0 aliphatic heterocycles. The first-order chi connectivity index (χ1) is 3.95. The summed E-state index contributed by atoms with van der Waals surface area (Å²) in [5.41, 5.74) is 0. The first-order valence-corrected chi connectivity index (χ1v) is 4.07. The minimum absolute atomic E-state index is 0.106. The van der Waals surface area contributed by atoms with Gasteiger partial charge in [-0.15, -0.1) is 0 Å². The van der Waals surface area contributed by atoms with Crippen LogP contribution in [0.25, 0.3) is 0 Å². The van der Waals surface area contributed by atoms with E-state index in [0.29, 0.717) is 0 Å². The molecule has 1 atom stereocenters. The van der Waals surface area contributed by atoms with Gasteiger partial charge in [-0.25, -0.2) is 0 Å². The fourth-order valence-corrected chi connectivity index (χ4v) is 0.935. The van der Waals surface area contributed by atoms with Crippen LogP contribution in [-0.4, -0.2) is 18.5 Å². The van der Waals surface area contributed by atoms with E-state index in [0.717, 1.165) is 0 Å². The lowest BCUT2D eigenvalue weighted by Gasteiger charge is -2.02. The van der Waals surface area contributed by atoms with Crippen LogP contribution < -0.4 is 0 Å². The molecule has 5 heteroatoms. The minimum Gasteiger partial charge on any atom is -0.287 e. The molecule has 0 aromatic rings. The van der Waals surface area contributed by atoms with Gasteiger partial charge in [-0.3, -0.25) is 4.57 Å². The van der Waals surface area contributed by atoms with Crippen molar-refractivity contribution < 1.29 is 17.7 Å². The van der Waals surface area contributed by atoms with Gasteiger partial charge in [-0.05, 0) is 0 Å². The van der Waals surface area contributed by atoms with E-state index >= 15 is 0 Å². The van der Waals surface area contributed by atoms with E-state index in [4.69, 9.17) is 0 Å². The molecular weight excluding hydrogens is 152 g/mol. The number of hydrogen-bond donors (Lipinski definition) is 0. The Morgan fingerprint density at radius 2 is 1.89 bits per heavy atom. The number of alkyl halides is 3. The van der Waals surface area contributed by atoms with Gasteiger partial charge in [0.2, 0.25) is 0 Å². The van der Waals surface area contributed by atoms with E-state index in [1.807, 2.05) is 0 Å². The van der Waals surface area contributed by atoms with Crippen molar-refractivity contribution in [3.05, 3.63) is 0 Å². The Labute approximate surface area is 52.0 Å². The summed E-state index contributed by atoms with van der Waals surface area (Å²) in [6.45, 7) is 1.48. The van der Waals surface area contributed by atoms with E-state index in [1.165, 1.54) is 6.92 Å². The molecule has 0 bridgehead atoms. The standard InChI is InChI=1S/C4H7F3OP/c1-2-9(8)3-4(5,6)7/h2-3H2,1H3. The molecule has 0 aliphatic carbocycles. The molecule has 0 aliphatic rings. The first-order valence-electron chi connectivity index (χ1n) is 2.44. The zero-order chi connectivity index (χ0) is 7.49. The number of hydrogen-bond acceptors (Lipinski definition) is 1. The van der Waals surface area contributed by atoms with E-state index < -0.39 is 20.1 Å². The molecule has 1 unspecified atom stereocenters. The largest absolute Gasteiger partial charge is 0.398 e. The maximum absolute atomic E-state index is 11.3. The van der Waals surface area contributed by atoms with Crippen molar-refractivity contribution >= 4 is 7.80 Å². The summed E-state index contributed by atoms with van der Waals surface area (Å²) >= 11 is 0. The van der Waals surface area contributed by atoms with Crippen LogP contribution in [0, 0.1) is 0 Å². The summed E-state index contributed by atoms with van der Waals surface area (Å²) in [5, 5.41) is 0. The maximum Gasteiger partial charge on any atom is 0.398 e. The van der Waals surface area contributed by atoms with Crippen molar-refractivity contribution in [1.82, 2.24) is 0 Å². The fraction of sp³-hybridized carbons (Fsp3) is 1.00. The first kappa shape index (κ1) is 8.89. The Kier molecular flexibility index (Phi) is 3.12. The van der Waals surface area contributed by atoms with Crippen molar-refractivity contribution in [2.24, 2.45) is 0 Å². The normalized spacial score (nSPS) is 13.6. The second kappa shape index (κ2) is 3.16. The second-order valence-corrected chi connectivity index (χ2v) is 3.48.